The number of thioether (sulfide) groups is 1. The first-order valence-corrected chi connectivity index (χ1v) is 13.2. The number of fused-ring (bicyclic) bond motifs is 1. The fourth-order valence-electron chi connectivity index (χ4n) is 4.86. The first kappa shape index (κ1) is 24.0. The molecule has 176 valence electrons. The van der Waals surface area contributed by atoms with E-state index in [0.717, 1.165) is 42.3 Å². The molecule has 0 N–H and O–H groups in total. The number of likely N-dealkylation sites (tertiary alicyclic amines) is 1. The number of amides is 2. The molecule has 0 saturated carbocycles. The molecule has 4 rings (SSSR count). The number of benzene rings is 1. The molecule has 0 spiro atoms. The fourth-order valence-corrected chi connectivity index (χ4v) is 6.13. The van der Waals surface area contributed by atoms with E-state index in [1.54, 1.807) is 4.90 Å². The van der Waals surface area contributed by atoms with E-state index in [4.69, 9.17) is 12.2 Å². The Kier molecular flexibility index (Phi) is 7.29. The van der Waals surface area contributed by atoms with Crippen LogP contribution in [0.15, 0.2) is 29.3 Å². The number of para-hydroxylation sites is 1. The number of carbonyl (C=O) groups is 2. The molecule has 0 bridgehead atoms. The molecule has 3 heterocycles. The molecule has 33 heavy (non-hydrogen) atoms. The standard InChI is InChI=1S/C26H33N3O2S2/c1-5-19-10-8-11-21-20(13-22-25(31)29(14-17(2)3)26(32)33-22)15-27(24(19)21)16-23(30)28-12-7-6-9-18(28)4/h8,10-11,13,15,17-18H,5-7,9,12,14,16H2,1-4H3/b22-13-/t18-/m0/s1. The van der Waals surface area contributed by atoms with Gasteiger partial charge < -0.3 is 9.47 Å². The Hall–Kier alpha value is -2.12. The Morgan fingerprint density at radius 1 is 1.30 bits per heavy atom. The van der Waals surface area contributed by atoms with E-state index in [1.165, 1.54) is 23.7 Å². The molecular weight excluding hydrogens is 450 g/mol. The summed E-state index contributed by atoms with van der Waals surface area (Å²) in [5, 5.41) is 1.07. The first-order chi connectivity index (χ1) is 15.8. The third kappa shape index (κ3) is 4.90. The molecule has 1 aromatic carbocycles. The van der Waals surface area contributed by atoms with Gasteiger partial charge in [-0.25, -0.2) is 0 Å². The monoisotopic (exact) mass is 483 g/mol. The van der Waals surface area contributed by atoms with Gasteiger partial charge in [0.2, 0.25) is 5.91 Å². The van der Waals surface area contributed by atoms with Crippen molar-refractivity contribution in [1.29, 1.82) is 0 Å². The van der Waals surface area contributed by atoms with Crippen molar-refractivity contribution in [2.45, 2.75) is 66.0 Å². The van der Waals surface area contributed by atoms with Gasteiger partial charge in [-0.15, -0.1) is 0 Å². The Morgan fingerprint density at radius 3 is 2.79 bits per heavy atom. The zero-order valence-corrected chi connectivity index (χ0v) is 21.6. The van der Waals surface area contributed by atoms with Crippen molar-refractivity contribution in [3.63, 3.8) is 0 Å². The summed E-state index contributed by atoms with van der Waals surface area (Å²) in [6.07, 6.45) is 8.20. The van der Waals surface area contributed by atoms with Crippen molar-refractivity contribution in [1.82, 2.24) is 14.4 Å². The van der Waals surface area contributed by atoms with Crippen LogP contribution in [0.2, 0.25) is 0 Å². The van der Waals surface area contributed by atoms with Crippen LogP contribution < -0.4 is 0 Å². The van der Waals surface area contributed by atoms with Crippen molar-refractivity contribution in [2.75, 3.05) is 13.1 Å². The molecule has 5 nitrogen and oxygen atoms in total. The largest absolute Gasteiger partial charge is 0.338 e. The second kappa shape index (κ2) is 10.0. The van der Waals surface area contributed by atoms with Gasteiger partial charge in [0.1, 0.15) is 10.9 Å². The number of piperidine rings is 1. The number of thiocarbonyl (C=S) groups is 1. The van der Waals surface area contributed by atoms with Crippen molar-refractivity contribution in [3.05, 3.63) is 40.4 Å². The molecule has 0 unspecified atom stereocenters. The second-order valence-corrected chi connectivity index (χ2v) is 11.2. The van der Waals surface area contributed by atoms with Crippen LogP contribution in [0.1, 0.15) is 58.1 Å². The molecule has 0 aliphatic carbocycles. The molecule has 7 heteroatoms. The van der Waals surface area contributed by atoms with E-state index >= 15 is 0 Å². The Morgan fingerprint density at radius 2 is 2.09 bits per heavy atom. The lowest BCUT2D eigenvalue weighted by atomic mass is 10.0. The SMILES string of the molecule is CCc1cccc2c(/C=C3\SC(=S)N(CC(C)C)C3=O)cn(CC(=O)N3CCCC[C@@H]3C)c12. The minimum atomic E-state index is -0.0236. The Labute approximate surface area is 206 Å². The van der Waals surface area contributed by atoms with E-state index in [9.17, 15) is 9.59 Å². The summed E-state index contributed by atoms with van der Waals surface area (Å²) >= 11 is 6.85. The highest BCUT2D eigenvalue weighted by Crippen LogP contribution is 2.35. The second-order valence-electron chi connectivity index (χ2n) is 9.50. The zero-order chi connectivity index (χ0) is 23.7. The minimum Gasteiger partial charge on any atom is -0.338 e. The van der Waals surface area contributed by atoms with Crippen LogP contribution in [0.3, 0.4) is 0 Å². The maximum absolute atomic E-state index is 13.2. The number of nitrogens with zero attached hydrogens (tertiary/aromatic N) is 3. The smallest absolute Gasteiger partial charge is 0.266 e. The van der Waals surface area contributed by atoms with Crippen molar-refractivity contribution in [3.8, 4) is 0 Å². The molecule has 2 aliphatic rings. The molecule has 1 atom stereocenters. The van der Waals surface area contributed by atoms with E-state index in [1.807, 2.05) is 17.2 Å². The van der Waals surface area contributed by atoms with Gasteiger partial charge in [-0.1, -0.05) is 63.0 Å². The van der Waals surface area contributed by atoms with Gasteiger partial charge in [0.05, 0.1) is 10.4 Å². The van der Waals surface area contributed by atoms with E-state index in [-0.39, 0.29) is 11.8 Å². The number of hydrogen-bond donors (Lipinski definition) is 0. The summed E-state index contributed by atoms with van der Waals surface area (Å²) in [7, 11) is 0. The molecule has 2 aliphatic heterocycles. The average molecular weight is 484 g/mol. The van der Waals surface area contributed by atoms with Gasteiger partial charge in [-0.2, -0.15) is 0 Å². The summed E-state index contributed by atoms with van der Waals surface area (Å²) < 4.78 is 2.70. The third-order valence-corrected chi connectivity index (χ3v) is 7.91. The molecule has 2 aromatic rings. The van der Waals surface area contributed by atoms with Gasteiger partial charge in [0.25, 0.3) is 5.91 Å². The van der Waals surface area contributed by atoms with Crippen molar-refractivity contribution in [2.24, 2.45) is 5.92 Å². The van der Waals surface area contributed by atoms with Crippen molar-refractivity contribution >= 4 is 57.1 Å². The quantitative estimate of drug-likeness (QED) is 0.404. The van der Waals surface area contributed by atoms with Crippen molar-refractivity contribution < 1.29 is 9.59 Å². The Balaban J connectivity index is 1.70. The zero-order valence-electron chi connectivity index (χ0n) is 20.0. The van der Waals surface area contributed by atoms with Crippen LogP contribution >= 0.6 is 24.0 Å². The first-order valence-electron chi connectivity index (χ1n) is 12.0. The number of hydrogen-bond acceptors (Lipinski definition) is 4. The van der Waals surface area contributed by atoms with Gasteiger partial charge in [0.15, 0.2) is 0 Å². The van der Waals surface area contributed by atoms with Crippen LogP contribution in [-0.2, 0) is 22.6 Å². The maximum Gasteiger partial charge on any atom is 0.266 e. The molecule has 2 fully saturated rings. The average Bonchev–Trinajstić information content (AvgIpc) is 3.25. The highest BCUT2D eigenvalue weighted by Gasteiger charge is 2.32. The Bertz CT molecular complexity index is 1120. The lowest BCUT2D eigenvalue weighted by Gasteiger charge is -2.33. The van der Waals surface area contributed by atoms with Crippen LogP contribution in [0.25, 0.3) is 17.0 Å². The number of aryl methyl sites for hydroxylation is 1. The topological polar surface area (TPSA) is 45.6 Å². The highest BCUT2D eigenvalue weighted by molar-refractivity contribution is 8.26. The van der Waals surface area contributed by atoms with Gasteiger partial charge >= 0.3 is 0 Å². The molecule has 0 radical (unpaired) electrons. The summed E-state index contributed by atoms with van der Waals surface area (Å²) in [6, 6.07) is 6.56. The van der Waals surface area contributed by atoms with Gasteiger partial charge in [-0.05, 0) is 50.2 Å². The van der Waals surface area contributed by atoms with Crippen LogP contribution in [0, 0.1) is 5.92 Å². The van der Waals surface area contributed by atoms with E-state index in [2.05, 4.69) is 50.5 Å². The van der Waals surface area contributed by atoms with Crippen LogP contribution in [0.4, 0.5) is 0 Å². The number of carbonyl (C=O) groups excluding carboxylic acids is 2. The summed E-state index contributed by atoms with van der Waals surface area (Å²) in [4.78, 5) is 30.6. The van der Waals surface area contributed by atoms with Crippen LogP contribution in [0.5, 0.6) is 0 Å². The normalized spacial score (nSPS) is 20.6. The maximum atomic E-state index is 13.2. The number of aromatic nitrogens is 1. The highest BCUT2D eigenvalue weighted by atomic mass is 32.2. The van der Waals surface area contributed by atoms with Gasteiger partial charge in [-0.3, -0.25) is 14.5 Å². The lowest BCUT2D eigenvalue weighted by molar-refractivity contribution is -0.135. The van der Waals surface area contributed by atoms with Gasteiger partial charge in [0, 0.05) is 36.3 Å². The summed E-state index contributed by atoms with van der Waals surface area (Å²) in [5.74, 6) is 0.494. The number of rotatable bonds is 6. The summed E-state index contributed by atoms with van der Waals surface area (Å²) in [5.41, 5.74) is 3.26. The molecule has 2 amide bonds. The molecule has 2 saturated heterocycles. The van der Waals surface area contributed by atoms with E-state index in [0.29, 0.717) is 34.3 Å². The van der Waals surface area contributed by atoms with Crippen LogP contribution in [-0.4, -0.2) is 49.6 Å². The molecular formula is C26H33N3O2S2. The summed E-state index contributed by atoms with van der Waals surface area (Å²) in [6.45, 7) is 10.2. The third-order valence-electron chi connectivity index (χ3n) is 6.53. The lowest BCUT2D eigenvalue weighted by Crippen LogP contribution is -2.43. The fraction of sp³-hybridized carbons (Fsp3) is 0.500. The van der Waals surface area contributed by atoms with E-state index < -0.39 is 0 Å². The molecule has 1 aromatic heterocycles. The predicted molar refractivity (Wildman–Crippen MR) is 141 cm³/mol. The predicted octanol–water partition coefficient (Wildman–Crippen LogP) is 5.46. The minimum absolute atomic E-state index is 0.0236.